The van der Waals surface area contributed by atoms with Gasteiger partial charge in [0.1, 0.15) is 0 Å². The van der Waals surface area contributed by atoms with Gasteiger partial charge in [-0.1, -0.05) is 18.2 Å². The Hall–Kier alpha value is -2.77. The number of carbonyl (C=O) groups is 2. The summed E-state index contributed by atoms with van der Waals surface area (Å²) in [6, 6.07) is 7.74. The van der Waals surface area contributed by atoms with Gasteiger partial charge in [-0.05, 0) is 23.8 Å². The van der Waals surface area contributed by atoms with E-state index in [0.29, 0.717) is 0 Å². The van der Waals surface area contributed by atoms with E-state index in [4.69, 9.17) is 4.42 Å². The van der Waals surface area contributed by atoms with Crippen LogP contribution in [0.1, 0.15) is 28.1 Å². The average molecular weight is 352 g/mol. The maximum absolute atomic E-state index is 13.1. The van der Waals surface area contributed by atoms with Crippen LogP contribution in [0.2, 0.25) is 0 Å². The molecule has 8 heteroatoms. The van der Waals surface area contributed by atoms with Gasteiger partial charge in [0.2, 0.25) is 5.91 Å². The van der Waals surface area contributed by atoms with Crippen LogP contribution >= 0.6 is 0 Å². The summed E-state index contributed by atoms with van der Waals surface area (Å²) < 4.78 is 44.1. The molecule has 132 valence electrons. The molecule has 25 heavy (non-hydrogen) atoms. The molecular formula is C17H15F3N2O3. The number of likely N-dealkylation sites (tertiary alicyclic amines) is 1. The van der Waals surface area contributed by atoms with Gasteiger partial charge in [0, 0.05) is 19.5 Å². The van der Waals surface area contributed by atoms with Gasteiger partial charge in [-0.25, -0.2) is 0 Å². The molecule has 1 aromatic carbocycles. The zero-order valence-electron chi connectivity index (χ0n) is 13.0. The summed E-state index contributed by atoms with van der Waals surface area (Å²) in [7, 11) is 0. The Morgan fingerprint density at radius 1 is 1.24 bits per heavy atom. The molecule has 2 heterocycles. The molecule has 1 aromatic heterocycles. The van der Waals surface area contributed by atoms with Gasteiger partial charge in [0.25, 0.3) is 5.91 Å². The zero-order chi connectivity index (χ0) is 18.0. The normalized spacial score (nSPS) is 17.8. The standard InChI is InChI=1S/C17H15F3N2O3/c18-17(19,20)13-5-2-1-4-11(13)9-22-10-12(8-15(22)23)21-16(24)14-6-3-7-25-14/h1-7,12H,8-10H2,(H,21,24)/t12-/m1/s1. The van der Waals surface area contributed by atoms with Gasteiger partial charge >= 0.3 is 6.18 Å². The first-order chi connectivity index (χ1) is 11.8. The smallest absolute Gasteiger partial charge is 0.416 e. The van der Waals surface area contributed by atoms with E-state index in [1.807, 2.05) is 0 Å². The molecule has 0 saturated carbocycles. The largest absolute Gasteiger partial charge is 0.459 e. The summed E-state index contributed by atoms with van der Waals surface area (Å²) in [5.74, 6) is -0.643. The van der Waals surface area contributed by atoms with Crippen LogP contribution in [0.4, 0.5) is 13.2 Å². The molecule has 0 unspecified atom stereocenters. The number of rotatable bonds is 4. The molecule has 2 amide bonds. The number of furan rings is 1. The Morgan fingerprint density at radius 2 is 2.00 bits per heavy atom. The second-order valence-electron chi connectivity index (χ2n) is 5.78. The van der Waals surface area contributed by atoms with Gasteiger partial charge in [-0.15, -0.1) is 0 Å². The third-order valence-electron chi connectivity index (χ3n) is 3.98. The molecule has 1 fully saturated rings. The fraction of sp³-hybridized carbons (Fsp3) is 0.294. The number of alkyl halides is 3. The lowest BCUT2D eigenvalue weighted by Gasteiger charge is -2.20. The number of amides is 2. The van der Waals surface area contributed by atoms with Crippen LogP contribution in [0.25, 0.3) is 0 Å². The van der Waals surface area contributed by atoms with Crippen molar-refractivity contribution in [3.63, 3.8) is 0 Å². The van der Waals surface area contributed by atoms with Crippen molar-refractivity contribution in [1.29, 1.82) is 0 Å². The quantitative estimate of drug-likeness (QED) is 0.920. The lowest BCUT2D eigenvalue weighted by atomic mass is 10.1. The second-order valence-corrected chi connectivity index (χ2v) is 5.78. The Labute approximate surface area is 141 Å². The van der Waals surface area contributed by atoms with Crippen LogP contribution in [-0.4, -0.2) is 29.3 Å². The van der Waals surface area contributed by atoms with Gasteiger partial charge < -0.3 is 14.6 Å². The molecule has 3 rings (SSSR count). The summed E-state index contributed by atoms with van der Waals surface area (Å²) in [6.07, 6.45) is -3.08. The molecule has 0 radical (unpaired) electrons. The van der Waals surface area contributed by atoms with Crippen molar-refractivity contribution in [2.75, 3.05) is 6.54 Å². The molecule has 0 bridgehead atoms. The summed E-state index contributed by atoms with van der Waals surface area (Å²) in [4.78, 5) is 25.3. The third-order valence-corrected chi connectivity index (χ3v) is 3.98. The van der Waals surface area contributed by atoms with E-state index >= 15 is 0 Å². The number of hydrogen-bond acceptors (Lipinski definition) is 3. The average Bonchev–Trinajstić information content (AvgIpc) is 3.18. The van der Waals surface area contributed by atoms with Crippen molar-refractivity contribution in [2.45, 2.75) is 25.2 Å². The fourth-order valence-corrected chi connectivity index (χ4v) is 2.83. The Morgan fingerprint density at radius 3 is 2.68 bits per heavy atom. The topological polar surface area (TPSA) is 62.6 Å². The minimum atomic E-state index is -4.48. The number of benzene rings is 1. The van der Waals surface area contributed by atoms with Crippen molar-refractivity contribution >= 4 is 11.8 Å². The van der Waals surface area contributed by atoms with Gasteiger partial charge in [-0.3, -0.25) is 9.59 Å². The first kappa shape index (κ1) is 17.1. The molecule has 2 aromatic rings. The molecule has 0 aliphatic carbocycles. The van der Waals surface area contributed by atoms with Crippen molar-refractivity contribution < 1.29 is 27.2 Å². The highest BCUT2D eigenvalue weighted by molar-refractivity contribution is 5.92. The fourth-order valence-electron chi connectivity index (χ4n) is 2.83. The van der Waals surface area contributed by atoms with E-state index in [0.717, 1.165) is 6.07 Å². The molecule has 1 aliphatic rings. The molecule has 1 atom stereocenters. The van der Waals surface area contributed by atoms with Gasteiger partial charge in [-0.2, -0.15) is 13.2 Å². The monoisotopic (exact) mass is 352 g/mol. The Balaban J connectivity index is 1.67. The van der Waals surface area contributed by atoms with Crippen LogP contribution < -0.4 is 5.32 Å². The minimum Gasteiger partial charge on any atom is -0.459 e. The van der Waals surface area contributed by atoms with Crippen molar-refractivity contribution in [3.8, 4) is 0 Å². The Kier molecular flexibility index (Phi) is 4.52. The van der Waals surface area contributed by atoms with E-state index < -0.39 is 23.7 Å². The second kappa shape index (κ2) is 6.62. The molecular weight excluding hydrogens is 337 g/mol. The summed E-state index contributed by atoms with van der Waals surface area (Å²) in [5.41, 5.74) is -0.729. The highest BCUT2D eigenvalue weighted by atomic mass is 19.4. The van der Waals surface area contributed by atoms with Crippen LogP contribution in [0.3, 0.4) is 0 Å². The number of halogens is 3. The lowest BCUT2D eigenvalue weighted by Crippen LogP contribution is -2.37. The number of carbonyl (C=O) groups excluding carboxylic acids is 2. The van der Waals surface area contributed by atoms with E-state index in [2.05, 4.69) is 5.32 Å². The van der Waals surface area contributed by atoms with Crippen LogP contribution in [0, 0.1) is 0 Å². The molecule has 5 nitrogen and oxygen atoms in total. The highest BCUT2D eigenvalue weighted by Crippen LogP contribution is 2.32. The van der Waals surface area contributed by atoms with E-state index in [1.165, 1.54) is 35.4 Å². The van der Waals surface area contributed by atoms with Crippen molar-refractivity contribution in [1.82, 2.24) is 10.2 Å². The predicted octanol–water partition coefficient (Wildman–Crippen LogP) is 2.83. The molecule has 0 spiro atoms. The number of hydrogen-bond donors (Lipinski definition) is 1. The summed E-state index contributed by atoms with van der Waals surface area (Å²) in [6.45, 7) is -0.000880. The van der Waals surface area contributed by atoms with E-state index in [9.17, 15) is 22.8 Å². The Bertz CT molecular complexity index is 772. The van der Waals surface area contributed by atoms with E-state index in [1.54, 1.807) is 6.07 Å². The SMILES string of the molecule is O=C(N[C@@H]1CC(=O)N(Cc2ccccc2C(F)(F)F)C1)c1ccco1. The van der Waals surface area contributed by atoms with Crippen LogP contribution in [-0.2, 0) is 17.5 Å². The summed E-state index contributed by atoms with van der Waals surface area (Å²) >= 11 is 0. The lowest BCUT2D eigenvalue weighted by molar-refractivity contribution is -0.139. The first-order valence-corrected chi connectivity index (χ1v) is 7.62. The zero-order valence-corrected chi connectivity index (χ0v) is 13.0. The van der Waals surface area contributed by atoms with Gasteiger partial charge in [0.05, 0.1) is 17.9 Å². The van der Waals surface area contributed by atoms with Crippen LogP contribution in [0.5, 0.6) is 0 Å². The maximum atomic E-state index is 13.1. The number of nitrogens with one attached hydrogen (secondary N) is 1. The minimum absolute atomic E-state index is 0.0290. The first-order valence-electron chi connectivity index (χ1n) is 7.62. The highest BCUT2D eigenvalue weighted by Gasteiger charge is 2.36. The van der Waals surface area contributed by atoms with Crippen LogP contribution in [0.15, 0.2) is 47.1 Å². The third kappa shape index (κ3) is 3.84. The molecule has 1 saturated heterocycles. The summed E-state index contributed by atoms with van der Waals surface area (Å²) in [5, 5.41) is 2.65. The predicted molar refractivity (Wildman–Crippen MR) is 81.4 cm³/mol. The maximum Gasteiger partial charge on any atom is 0.416 e. The van der Waals surface area contributed by atoms with Gasteiger partial charge in [0.15, 0.2) is 5.76 Å². The van der Waals surface area contributed by atoms with Crippen molar-refractivity contribution in [2.24, 2.45) is 0 Å². The number of nitrogens with zero attached hydrogens (tertiary/aromatic N) is 1. The van der Waals surface area contributed by atoms with E-state index in [-0.39, 0.29) is 36.7 Å². The molecule has 1 aliphatic heterocycles. The molecule has 1 N–H and O–H groups in total. The van der Waals surface area contributed by atoms with Crippen molar-refractivity contribution in [3.05, 3.63) is 59.5 Å².